The number of carbonyl (C=O) groups excluding carboxylic acids is 4. The topological polar surface area (TPSA) is 114 Å². The molecule has 0 radical (unpaired) electrons. The van der Waals surface area contributed by atoms with E-state index in [9.17, 15) is 19.2 Å². The molecule has 2 aliphatic carbocycles. The monoisotopic (exact) mass is 475 g/mol. The summed E-state index contributed by atoms with van der Waals surface area (Å²) in [4.78, 5) is 53.4. The van der Waals surface area contributed by atoms with Crippen LogP contribution in [0.25, 0.3) is 0 Å². The minimum absolute atomic E-state index is 0.0875. The molecular weight excluding hydrogens is 438 g/mol. The molecule has 2 saturated carbocycles. The number of hydrogen-bond acceptors (Lipinski definition) is 6. The molecule has 188 valence electrons. The van der Waals surface area contributed by atoms with Gasteiger partial charge in [-0.25, -0.2) is 9.59 Å². The lowest BCUT2D eigenvalue weighted by atomic mass is 10.1. The molecule has 1 saturated heterocycles. The van der Waals surface area contributed by atoms with Crippen molar-refractivity contribution in [3.8, 4) is 0 Å². The number of rotatable bonds is 3. The average Bonchev–Trinajstić information content (AvgIpc) is 3.18. The molecule has 4 atom stereocenters. The van der Waals surface area contributed by atoms with Crippen molar-refractivity contribution < 1.29 is 28.7 Å². The summed E-state index contributed by atoms with van der Waals surface area (Å²) in [6.07, 6.45) is 12.9. The van der Waals surface area contributed by atoms with Gasteiger partial charge in [0.05, 0.1) is 7.11 Å². The summed E-state index contributed by atoms with van der Waals surface area (Å²) in [5, 5.41) is 5.71. The summed E-state index contributed by atoms with van der Waals surface area (Å²) in [6.45, 7) is 0.446. The van der Waals surface area contributed by atoms with E-state index in [0.29, 0.717) is 32.2 Å². The van der Waals surface area contributed by atoms with Gasteiger partial charge < -0.3 is 25.0 Å². The van der Waals surface area contributed by atoms with Crippen molar-refractivity contribution in [2.24, 2.45) is 5.92 Å². The van der Waals surface area contributed by atoms with E-state index < -0.39 is 29.7 Å². The van der Waals surface area contributed by atoms with Gasteiger partial charge in [-0.2, -0.15) is 0 Å². The largest absolute Gasteiger partial charge is 0.467 e. The first-order valence-corrected chi connectivity index (χ1v) is 12.8. The average molecular weight is 476 g/mol. The van der Waals surface area contributed by atoms with Crippen molar-refractivity contribution in [2.75, 3.05) is 13.7 Å². The molecule has 4 aliphatic rings. The van der Waals surface area contributed by atoms with E-state index in [0.717, 1.165) is 51.4 Å². The maximum atomic E-state index is 13.5. The zero-order chi connectivity index (χ0) is 24.1. The molecule has 2 heterocycles. The molecular formula is C25H37N3O6. The minimum atomic E-state index is -1.05. The Labute approximate surface area is 201 Å². The molecule has 9 heteroatoms. The van der Waals surface area contributed by atoms with E-state index in [1.54, 1.807) is 4.90 Å². The fraction of sp³-hybridized carbons (Fsp3) is 0.760. The van der Waals surface area contributed by atoms with Crippen LogP contribution in [0.4, 0.5) is 4.79 Å². The highest BCUT2D eigenvalue weighted by Crippen LogP contribution is 2.46. The van der Waals surface area contributed by atoms with Crippen molar-refractivity contribution in [1.29, 1.82) is 0 Å². The number of hydrogen-bond donors (Lipinski definition) is 2. The first-order chi connectivity index (χ1) is 16.4. The highest BCUT2D eigenvalue weighted by atomic mass is 16.6. The number of fused-ring (bicyclic) bond motifs is 2. The molecule has 3 amide bonds. The first kappa shape index (κ1) is 24.5. The Morgan fingerprint density at radius 2 is 1.82 bits per heavy atom. The molecule has 0 aromatic rings. The summed E-state index contributed by atoms with van der Waals surface area (Å²) in [6, 6.07) is -1.40. The first-order valence-electron chi connectivity index (χ1n) is 12.8. The molecule has 2 N–H and O–H groups in total. The van der Waals surface area contributed by atoms with Gasteiger partial charge in [-0.3, -0.25) is 9.59 Å². The zero-order valence-electron chi connectivity index (χ0n) is 20.1. The van der Waals surface area contributed by atoms with E-state index >= 15 is 0 Å². The number of nitrogens with one attached hydrogen (secondary N) is 2. The van der Waals surface area contributed by atoms with Crippen LogP contribution in [0.5, 0.6) is 0 Å². The van der Waals surface area contributed by atoms with Gasteiger partial charge in [0.15, 0.2) is 0 Å². The SMILES string of the molecule is COC(=O)[C@@]12CC1/C=C\CCCCC[C@H](NC(=O)OC1CCCC1)C(=O)N1CCCC1C(=O)N2. The molecule has 4 rings (SSSR count). The van der Waals surface area contributed by atoms with Crippen molar-refractivity contribution in [1.82, 2.24) is 15.5 Å². The number of carbonyl (C=O) groups is 4. The van der Waals surface area contributed by atoms with Crippen LogP contribution in [-0.2, 0) is 23.9 Å². The number of alkyl carbamates (subject to hydrolysis) is 1. The third-order valence-corrected chi connectivity index (χ3v) is 7.65. The molecule has 2 unspecified atom stereocenters. The predicted octanol–water partition coefficient (Wildman–Crippen LogP) is 2.58. The fourth-order valence-electron chi connectivity index (χ4n) is 5.58. The Balaban J connectivity index is 1.49. The summed E-state index contributed by atoms with van der Waals surface area (Å²) >= 11 is 0. The van der Waals surface area contributed by atoms with Crippen LogP contribution in [0.2, 0.25) is 0 Å². The summed E-state index contributed by atoms with van der Waals surface area (Å²) < 4.78 is 10.5. The Morgan fingerprint density at radius 3 is 2.59 bits per heavy atom. The highest BCUT2D eigenvalue weighted by molar-refractivity contribution is 5.96. The lowest BCUT2D eigenvalue weighted by molar-refractivity contribution is -0.148. The van der Waals surface area contributed by atoms with E-state index in [-0.39, 0.29) is 23.8 Å². The third-order valence-electron chi connectivity index (χ3n) is 7.65. The van der Waals surface area contributed by atoms with Gasteiger partial charge in [0.2, 0.25) is 11.8 Å². The van der Waals surface area contributed by atoms with Crippen LogP contribution in [-0.4, -0.2) is 66.2 Å². The van der Waals surface area contributed by atoms with Gasteiger partial charge in [0.25, 0.3) is 0 Å². The van der Waals surface area contributed by atoms with Crippen molar-refractivity contribution in [3.05, 3.63) is 12.2 Å². The maximum Gasteiger partial charge on any atom is 0.408 e. The maximum absolute atomic E-state index is 13.5. The summed E-state index contributed by atoms with van der Waals surface area (Å²) in [7, 11) is 1.32. The molecule has 0 spiro atoms. The molecule has 3 fully saturated rings. The molecule has 2 aliphatic heterocycles. The van der Waals surface area contributed by atoms with Crippen LogP contribution >= 0.6 is 0 Å². The number of methoxy groups -OCH3 is 1. The van der Waals surface area contributed by atoms with Gasteiger partial charge in [0.1, 0.15) is 23.7 Å². The second-order valence-electron chi connectivity index (χ2n) is 10.0. The second-order valence-corrected chi connectivity index (χ2v) is 10.0. The Morgan fingerprint density at radius 1 is 1.06 bits per heavy atom. The Bertz CT molecular complexity index is 823. The normalized spacial score (nSPS) is 33.6. The van der Waals surface area contributed by atoms with Gasteiger partial charge in [-0.15, -0.1) is 0 Å². The smallest absolute Gasteiger partial charge is 0.408 e. The number of ether oxygens (including phenoxy) is 2. The van der Waals surface area contributed by atoms with Crippen LogP contribution in [0.3, 0.4) is 0 Å². The molecule has 0 bridgehead atoms. The predicted molar refractivity (Wildman–Crippen MR) is 124 cm³/mol. The van der Waals surface area contributed by atoms with Crippen molar-refractivity contribution >= 4 is 23.9 Å². The Hall–Kier alpha value is -2.58. The number of nitrogens with zero attached hydrogens (tertiary/aromatic N) is 1. The van der Waals surface area contributed by atoms with E-state index in [4.69, 9.17) is 9.47 Å². The van der Waals surface area contributed by atoms with E-state index in [1.807, 2.05) is 6.08 Å². The van der Waals surface area contributed by atoms with Crippen LogP contribution in [0, 0.1) is 5.92 Å². The summed E-state index contributed by atoms with van der Waals surface area (Å²) in [5.41, 5.74) is -1.05. The van der Waals surface area contributed by atoms with Gasteiger partial charge >= 0.3 is 12.1 Å². The second kappa shape index (κ2) is 10.8. The van der Waals surface area contributed by atoms with Gasteiger partial charge in [0, 0.05) is 12.5 Å². The lowest BCUT2D eigenvalue weighted by Gasteiger charge is -2.30. The van der Waals surface area contributed by atoms with Gasteiger partial charge in [-0.1, -0.05) is 25.0 Å². The number of esters is 1. The number of allylic oxidation sites excluding steroid dienone is 1. The molecule has 34 heavy (non-hydrogen) atoms. The molecule has 0 aromatic carbocycles. The van der Waals surface area contributed by atoms with Crippen LogP contribution in [0.1, 0.15) is 77.0 Å². The summed E-state index contributed by atoms with van der Waals surface area (Å²) in [5.74, 6) is -1.15. The van der Waals surface area contributed by atoms with E-state index in [1.165, 1.54) is 7.11 Å². The lowest BCUT2D eigenvalue weighted by Crippen LogP contribution is -2.56. The van der Waals surface area contributed by atoms with E-state index in [2.05, 4.69) is 16.7 Å². The van der Waals surface area contributed by atoms with Crippen molar-refractivity contribution in [2.45, 2.75) is 101 Å². The third kappa shape index (κ3) is 5.39. The zero-order valence-corrected chi connectivity index (χ0v) is 20.1. The quantitative estimate of drug-likeness (QED) is 0.479. The molecule has 0 aromatic heterocycles. The fourth-order valence-corrected chi connectivity index (χ4v) is 5.58. The van der Waals surface area contributed by atoms with Crippen LogP contribution in [0.15, 0.2) is 12.2 Å². The highest BCUT2D eigenvalue weighted by Gasteiger charge is 2.61. The number of amides is 3. The van der Waals surface area contributed by atoms with Crippen LogP contribution < -0.4 is 10.6 Å². The minimum Gasteiger partial charge on any atom is -0.467 e. The Kier molecular flexibility index (Phi) is 7.78. The van der Waals surface area contributed by atoms with Gasteiger partial charge in [-0.05, 0) is 64.2 Å². The molecule has 9 nitrogen and oxygen atoms in total. The standard InChI is InChI=1S/C25H37N3O6/c1-33-23(31)25-16-17(25)10-5-3-2-4-6-13-19(26-24(32)34-18-11-7-8-12-18)22(30)28-15-9-14-20(28)21(29)27-25/h5,10,17-20H,2-4,6-9,11-16H2,1H3,(H,26,32)(H,27,29)/b10-5-/t17?,19-,20?,25+/m0/s1. The van der Waals surface area contributed by atoms with Crippen molar-refractivity contribution in [3.63, 3.8) is 0 Å².